The molecule has 186 valence electrons. The Morgan fingerprint density at radius 1 is 1.14 bits per heavy atom. The molecule has 0 aliphatic carbocycles. The van der Waals surface area contributed by atoms with E-state index in [1.807, 2.05) is 0 Å². The van der Waals surface area contributed by atoms with Crippen LogP contribution in [-0.4, -0.2) is 56.1 Å². The summed E-state index contributed by atoms with van der Waals surface area (Å²) in [5.74, 6) is -2.23. The van der Waals surface area contributed by atoms with E-state index in [-0.39, 0.29) is 28.4 Å². The first-order valence-electron chi connectivity index (χ1n) is 9.73. The Labute approximate surface area is 194 Å². The fraction of sp³-hybridized carbons (Fsp3) is 0.238. The summed E-state index contributed by atoms with van der Waals surface area (Å²) in [4.78, 5) is 13.8. The maximum Gasteiger partial charge on any atom is 0.451 e. The van der Waals surface area contributed by atoms with Crippen molar-refractivity contribution in [1.82, 2.24) is 19.9 Å². The normalized spacial score (nSPS) is 17.3. The molecule has 2 aromatic heterocycles. The molecule has 2 aromatic rings. The zero-order chi connectivity index (χ0) is 26.0. The monoisotopic (exact) mass is 500 g/mol. The molecule has 0 saturated heterocycles. The van der Waals surface area contributed by atoms with Crippen molar-refractivity contribution in [3.05, 3.63) is 59.0 Å². The Morgan fingerprint density at radius 3 is 2.49 bits per heavy atom. The zero-order valence-electron chi connectivity index (χ0n) is 18.1. The van der Waals surface area contributed by atoms with E-state index < -0.39 is 36.0 Å². The van der Waals surface area contributed by atoms with Crippen LogP contribution in [0.3, 0.4) is 0 Å². The Hall–Kier alpha value is -4.10. The minimum Gasteiger partial charge on any atom is -0.505 e. The Balaban J connectivity index is 1.89. The molecule has 0 aromatic carbocycles. The number of hydrogen-bond acceptors (Lipinski definition) is 7. The van der Waals surface area contributed by atoms with E-state index in [9.17, 15) is 36.6 Å². The quantitative estimate of drug-likeness (QED) is 0.427. The van der Waals surface area contributed by atoms with Crippen LogP contribution < -0.4 is 5.32 Å². The smallest absolute Gasteiger partial charge is 0.451 e. The summed E-state index contributed by atoms with van der Waals surface area (Å²) in [5.41, 5.74) is -0.155. The van der Waals surface area contributed by atoms with Crippen molar-refractivity contribution in [2.75, 3.05) is 7.05 Å². The van der Waals surface area contributed by atoms with Gasteiger partial charge in [-0.2, -0.15) is 26.3 Å². The average molecular weight is 500 g/mol. The van der Waals surface area contributed by atoms with Crippen LogP contribution in [0.5, 0.6) is 11.6 Å². The maximum atomic E-state index is 12.9. The van der Waals surface area contributed by atoms with Gasteiger partial charge in [0.25, 0.3) is 0 Å². The second-order valence-corrected chi connectivity index (χ2v) is 7.08. The lowest BCUT2D eigenvalue weighted by Crippen LogP contribution is -2.41. The number of allylic oxidation sites excluding steroid dienone is 3. The van der Waals surface area contributed by atoms with Gasteiger partial charge >= 0.3 is 12.4 Å². The van der Waals surface area contributed by atoms with Gasteiger partial charge < -0.3 is 20.1 Å². The van der Waals surface area contributed by atoms with Gasteiger partial charge in [0.2, 0.25) is 17.9 Å². The standard InChI is InChI=1S/C21H18F6N6O2/c1-28-13(5-3-11-7-9-29-18(31-11)20(22,23)24)15-16(34)14(33(2)17(15)35)6-4-12-8-10-30-19(32-12)21(25,26)27/h3-10,19,32,34-35H,1-2H3/b5-3+,6-4+,28-13?. The first-order valence-corrected chi connectivity index (χ1v) is 9.73. The van der Waals surface area contributed by atoms with Crippen LogP contribution in [0.1, 0.15) is 22.8 Å². The molecule has 35 heavy (non-hydrogen) atoms. The minimum atomic E-state index is -4.74. The fourth-order valence-electron chi connectivity index (χ4n) is 3.03. The van der Waals surface area contributed by atoms with E-state index in [4.69, 9.17) is 0 Å². The molecule has 0 bridgehead atoms. The largest absolute Gasteiger partial charge is 0.505 e. The molecule has 0 radical (unpaired) electrons. The van der Waals surface area contributed by atoms with Crippen molar-refractivity contribution >= 4 is 24.1 Å². The lowest BCUT2D eigenvalue weighted by molar-refractivity contribution is -0.151. The number of rotatable bonds is 5. The van der Waals surface area contributed by atoms with E-state index >= 15 is 0 Å². The zero-order valence-corrected chi connectivity index (χ0v) is 18.1. The van der Waals surface area contributed by atoms with Crippen LogP contribution in [0.25, 0.3) is 12.2 Å². The second-order valence-electron chi connectivity index (χ2n) is 7.08. The van der Waals surface area contributed by atoms with Gasteiger partial charge in [-0.25, -0.2) is 9.97 Å². The molecule has 3 rings (SSSR count). The minimum absolute atomic E-state index is 0.00157. The Bertz CT molecular complexity index is 1250. The molecular formula is C21H18F6N6O2. The molecule has 0 saturated carbocycles. The summed E-state index contributed by atoms with van der Waals surface area (Å²) in [6.07, 6.45) is -3.31. The van der Waals surface area contributed by atoms with Crippen LogP contribution in [0, 0.1) is 0 Å². The van der Waals surface area contributed by atoms with E-state index in [1.165, 1.54) is 50.5 Å². The molecule has 0 spiro atoms. The molecule has 0 fully saturated rings. The highest BCUT2D eigenvalue weighted by molar-refractivity contribution is 6.14. The van der Waals surface area contributed by atoms with Gasteiger partial charge in [-0.1, -0.05) is 0 Å². The highest BCUT2D eigenvalue weighted by Crippen LogP contribution is 2.36. The predicted molar refractivity (Wildman–Crippen MR) is 116 cm³/mol. The summed E-state index contributed by atoms with van der Waals surface area (Å²) < 4.78 is 78.2. The van der Waals surface area contributed by atoms with Gasteiger partial charge in [0.15, 0.2) is 5.75 Å². The van der Waals surface area contributed by atoms with E-state index in [1.54, 1.807) is 0 Å². The lowest BCUT2D eigenvalue weighted by Gasteiger charge is -2.21. The first kappa shape index (κ1) is 25.5. The SMILES string of the molecule is CN=C(/C=C/c1ccnc(C(F)(F)F)n1)c1c(O)c(/C=C/C2=CC=NC(C(F)(F)F)N2)n(C)c1O. The van der Waals surface area contributed by atoms with Crippen molar-refractivity contribution in [3.63, 3.8) is 0 Å². The van der Waals surface area contributed by atoms with Crippen molar-refractivity contribution in [2.24, 2.45) is 17.0 Å². The number of halogens is 6. The van der Waals surface area contributed by atoms with Crippen molar-refractivity contribution in [2.45, 2.75) is 18.5 Å². The summed E-state index contributed by atoms with van der Waals surface area (Å²) in [6.45, 7) is 0. The average Bonchev–Trinajstić information content (AvgIpc) is 3.00. The molecule has 1 aliphatic heterocycles. The maximum absolute atomic E-state index is 12.9. The molecule has 14 heteroatoms. The molecule has 3 heterocycles. The number of aromatic nitrogens is 3. The molecule has 8 nitrogen and oxygen atoms in total. The third kappa shape index (κ3) is 5.70. The lowest BCUT2D eigenvalue weighted by atomic mass is 10.1. The third-order valence-electron chi connectivity index (χ3n) is 4.75. The van der Waals surface area contributed by atoms with Crippen molar-refractivity contribution in [1.29, 1.82) is 0 Å². The van der Waals surface area contributed by atoms with Gasteiger partial charge in [-0.3, -0.25) is 9.98 Å². The Kier molecular flexibility index (Phi) is 7.03. The van der Waals surface area contributed by atoms with Gasteiger partial charge in [0, 0.05) is 32.2 Å². The van der Waals surface area contributed by atoms with Crippen LogP contribution >= 0.6 is 0 Å². The number of hydrogen-bond donors (Lipinski definition) is 3. The van der Waals surface area contributed by atoms with Crippen molar-refractivity contribution in [3.8, 4) is 11.6 Å². The number of nitrogens with one attached hydrogen (secondary N) is 1. The highest BCUT2D eigenvalue weighted by atomic mass is 19.4. The van der Waals surface area contributed by atoms with Gasteiger partial charge in [-0.05, 0) is 36.4 Å². The number of aliphatic imine (C=N–C) groups is 2. The van der Waals surface area contributed by atoms with E-state index in [0.29, 0.717) is 0 Å². The Morgan fingerprint density at radius 2 is 1.86 bits per heavy atom. The van der Waals surface area contributed by atoms with Crippen molar-refractivity contribution < 1.29 is 36.6 Å². The van der Waals surface area contributed by atoms with Gasteiger partial charge in [0.05, 0.1) is 17.1 Å². The summed E-state index contributed by atoms with van der Waals surface area (Å²) in [7, 11) is 2.72. The van der Waals surface area contributed by atoms with Gasteiger partial charge in [-0.15, -0.1) is 0 Å². The summed E-state index contributed by atoms with van der Waals surface area (Å²) >= 11 is 0. The van der Waals surface area contributed by atoms with E-state index in [0.717, 1.165) is 17.0 Å². The van der Waals surface area contributed by atoms with Crippen LogP contribution in [-0.2, 0) is 13.2 Å². The topological polar surface area (TPSA) is 108 Å². The third-order valence-corrected chi connectivity index (χ3v) is 4.75. The molecular weight excluding hydrogens is 482 g/mol. The summed E-state index contributed by atoms with van der Waals surface area (Å²) in [5, 5.41) is 23.4. The van der Waals surface area contributed by atoms with Gasteiger partial charge in [0.1, 0.15) is 5.56 Å². The van der Waals surface area contributed by atoms with Crippen LogP contribution in [0.2, 0.25) is 0 Å². The van der Waals surface area contributed by atoms with E-state index in [2.05, 4.69) is 25.3 Å². The number of alkyl halides is 6. The second kappa shape index (κ2) is 9.64. The van der Waals surface area contributed by atoms with Crippen LogP contribution in [0.4, 0.5) is 26.3 Å². The molecule has 1 atom stereocenters. The summed E-state index contributed by atoms with van der Waals surface area (Å²) in [6, 6.07) is 1.22. The molecule has 1 unspecified atom stereocenters. The fourth-order valence-corrected chi connectivity index (χ4v) is 3.03. The highest BCUT2D eigenvalue weighted by Gasteiger charge is 2.40. The molecule has 3 N–H and O–H groups in total. The number of nitrogens with zero attached hydrogens (tertiary/aromatic N) is 5. The van der Waals surface area contributed by atoms with Crippen LogP contribution in [0.15, 0.2) is 46.2 Å². The molecule has 0 amide bonds. The first-order chi connectivity index (χ1) is 16.3. The predicted octanol–water partition coefficient (Wildman–Crippen LogP) is 3.84. The number of aromatic hydroxyl groups is 2. The molecule has 1 aliphatic rings.